The maximum atomic E-state index is 12.9. The van der Waals surface area contributed by atoms with Gasteiger partial charge in [0.2, 0.25) is 0 Å². The Morgan fingerprint density at radius 2 is 1.71 bits per heavy atom. The topological polar surface area (TPSA) is 50.4 Å². The van der Waals surface area contributed by atoms with E-state index in [-0.39, 0.29) is 12.3 Å². The van der Waals surface area contributed by atoms with Gasteiger partial charge in [-0.2, -0.15) is 13.2 Å². The monoisotopic (exact) mass is 338 g/mol. The number of alkyl halides is 3. The van der Waals surface area contributed by atoms with E-state index in [4.69, 9.17) is 4.74 Å². The highest BCUT2D eigenvalue weighted by Crippen LogP contribution is 2.34. The number of carbonyl (C=O) groups is 1. The van der Waals surface area contributed by atoms with Gasteiger partial charge in [0.25, 0.3) is 5.91 Å². The van der Waals surface area contributed by atoms with Crippen molar-refractivity contribution in [3.05, 3.63) is 65.7 Å². The first-order valence-electron chi connectivity index (χ1n) is 7.25. The summed E-state index contributed by atoms with van der Waals surface area (Å²) < 4.78 is 44.0. The van der Waals surface area contributed by atoms with Crippen molar-refractivity contribution in [1.29, 1.82) is 0 Å². The third kappa shape index (κ3) is 4.99. The Morgan fingerprint density at radius 3 is 2.38 bits per heavy atom. The van der Waals surface area contributed by atoms with E-state index >= 15 is 0 Å². The number of benzene rings is 2. The van der Waals surface area contributed by atoms with Crippen LogP contribution in [0.5, 0.6) is 0 Å². The number of carbonyl (C=O) groups excluding carboxylic acids is 1. The summed E-state index contributed by atoms with van der Waals surface area (Å²) in [6.07, 6.45) is -5.33. The van der Waals surface area contributed by atoms with E-state index in [1.165, 1.54) is 25.1 Å². The predicted molar refractivity (Wildman–Crippen MR) is 83.9 cm³/mol. The van der Waals surface area contributed by atoms with Crippen LogP contribution in [0.25, 0.3) is 0 Å². The van der Waals surface area contributed by atoms with Crippen LogP contribution in [-0.2, 0) is 22.3 Å². The number of hydrazine groups is 1. The number of hydrogen-bond acceptors (Lipinski definition) is 3. The molecule has 2 N–H and O–H groups in total. The molecule has 0 radical (unpaired) electrons. The van der Waals surface area contributed by atoms with Crippen molar-refractivity contribution < 1.29 is 22.7 Å². The molecular weight excluding hydrogens is 321 g/mol. The number of anilines is 1. The van der Waals surface area contributed by atoms with Crippen molar-refractivity contribution in [2.75, 3.05) is 5.43 Å². The number of amides is 1. The standard InChI is InChI=1S/C17H17F3N2O2/c1-12(24-11-13-7-3-2-4-8-13)16(23)22-21-15-10-6-5-9-14(15)17(18,19)20/h2-10,12,21H,11H2,1H3,(H,22,23)/t12-/m0/s1. The normalized spacial score (nSPS) is 12.5. The Kier molecular flexibility index (Phi) is 5.81. The largest absolute Gasteiger partial charge is 0.418 e. The van der Waals surface area contributed by atoms with Crippen LogP contribution in [0.1, 0.15) is 18.1 Å². The molecule has 0 unspecified atom stereocenters. The number of para-hydroxylation sites is 1. The van der Waals surface area contributed by atoms with Gasteiger partial charge in [-0.05, 0) is 24.6 Å². The molecular formula is C17H17F3N2O2. The van der Waals surface area contributed by atoms with Gasteiger partial charge in [0, 0.05) is 0 Å². The van der Waals surface area contributed by atoms with Crippen LogP contribution in [0.2, 0.25) is 0 Å². The number of rotatable bonds is 6. The number of ether oxygens (including phenoxy) is 1. The summed E-state index contributed by atoms with van der Waals surface area (Å²) >= 11 is 0. The fourth-order valence-corrected chi connectivity index (χ4v) is 1.94. The molecule has 0 saturated heterocycles. The maximum Gasteiger partial charge on any atom is 0.418 e. The summed E-state index contributed by atoms with van der Waals surface area (Å²) in [4.78, 5) is 11.9. The number of nitrogens with one attached hydrogen (secondary N) is 2. The quantitative estimate of drug-likeness (QED) is 0.789. The van der Waals surface area contributed by atoms with E-state index in [1.54, 1.807) is 0 Å². The summed E-state index contributed by atoms with van der Waals surface area (Å²) in [7, 11) is 0. The van der Waals surface area contributed by atoms with Gasteiger partial charge in [0.1, 0.15) is 6.10 Å². The lowest BCUT2D eigenvalue weighted by Crippen LogP contribution is -2.38. The van der Waals surface area contributed by atoms with E-state index in [9.17, 15) is 18.0 Å². The minimum atomic E-state index is -4.51. The van der Waals surface area contributed by atoms with Gasteiger partial charge in [-0.15, -0.1) is 0 Å². The van der Waals surface area contributed by atoms with Crippen molar-refractivity contribution in [3.8, 4) is 0 Å². The van der Waals surface area contributed by atoms with E-state index in [0.29, 0.717) is 0 Å². The first-order chi connectivity index (χ1) is 11.4. The van der Waals surface area contributed by atoms with E-state index < -0.39 is 23.8 Å². The summed E-state index contributed by atoms with van der Waals surface area (Å²) in [6, 6.07) is 14.1. The van der Waals surface area contributed by atoms with Crippen LogP contribution < -0.4 is 10.9 Å². The molecule has 0 saturated carbocycles. The molecule has 2 aromatic rings. The Bertz CT molecular complexity index is 675. The molecule has 0 spiro atoms. The number of hydrogen-bond donors (Lipinski definition) is 2. The van der Waals surface area contributed by atoms with Gasteiger partial charge < -0.3 is 4.74 Å². The summed E-state index contributed by atoms with van der Waals surface area (Å²) in [5.74, 6) is -0.567. The summed E-state index contributed by atoms with van der Waals surface area (Å²) in [5, 5.41) is 0. The molecule has 1 amide bonds. The average Bonchev–Trinajstić information content (AvgIpc) is 2.58. The Balaban J connectivity index is 1.89. The molecule has 0 aliphatic rings. The summed E-state index contributed by atoms with van der Waals surface area (Å²) in [6.45, 7) is 1.75. The van der Waals surface area contributed by atoms with Crippen LogP contribution in [-0.4, -0.2) is 12.0 Å². The highest BCUT2D eigenvalue weighted by atomic mass is 19.4. The Morgan fingerprint density at radius 1 is 1.08 bits per heavy atom. The van der Waals surface area contributed by atoms with Gasteiger partial charge in [0.05, 0.1) is 17.9 Å². The van der Waals surface area contributed by atoms with Gasteiger partial charge >= 0.3 is 6.18 Å². The van der Waals surface area contributed by atoms with Crippen molar-refractivity contribution in [3.63, 3.8) is 0 Å². The molecule has 4 nitrogen and oxygen atoms in total. The molecule has 7 heteroatoms. The van der Waals surface area contributed by atoms with E-state index in [2.05, 4.69) is 10.9 Å². The second-order valence-corrected chi connectivity index (χ2v) is 5.10. The Hall–Kier alpha value is -2.54. The van der Waals surface area contributed by atoms with E-state index in [1.807, 2.05) is 30.3 Å². The van der Waals surface area contributed by atoms with Crippen LogP contribution >= 0.6 is 0 Å². The molecule has 0 aliphatic heterocycles. The summed E-state index contributed by atoms with van der Waals surface area (Å²) in [5.41, 5.74) is 4.34. The van der Waals surface area contributed by atoms with Gasteiger partial charge in [-0.1, -0.05) is 42.5 Å². The van der Waals surface area contributed by atoms with Gasteiger partial charge in [-0.3, -0.25) is 15.6 Å². The molecule has 0 aromatic heterocycles. The lowest BCUT2D eigenvalue weighted by atomic mass is 10.2. The molecule has 0 heterocycles. The molecule has 24 heavy (non-hydrogen) atoms. The van der Waals surface area contributed by atoms with E-state index in [0.717, 1.165) is 11.6 Å². The Labute approximate surface area is 137 Å². The maximum absolute atomic E-state index is 12.9. The molecule has 2 aromatic carbocycles. The molecule has 1 atom stereocenters. The lowest BCUT2D eigenvalue weighted by molar-refractivity contribution is -0.137. The zero-order chi connectivity index (χ0) is 17.6. The van der Waals surface area contributed by atoms with Crippen LogP contribution in [0.4, 0.5) is 18.9 Å². The van der Waals surface area contributed by atoms with Crippen molar-refractivity contribution >= 4 is 11.6 Å². The molecule has 0 bridgehead atoms. The molecule has 128 valence electrons. The second kappa shape index (κ2) is 7.83. The highest BCUT2D eigenvalue weighted by molar-refractivity contribution is 5.81. The van der Waals surface area contributed by atoms with Crippen LogP contribution in [0.3, 0.4) is 0 Å². The zero-order valence-corrected chi connectivity index (χ0v) is 12.9. The van der Waals surface area contributed by atoms with Gasteiger partial charge in [0.15, 0.2) is 0 Å². The fourth-order valence-electron chi connectivity index (χ4n) is 1.94. The highest BCUT2D eigenvalue weighted by Gasteiger charge is 2.33. The van der Waals surface area contributed by atoms with Crippen LogP contribution in [0, 0.1) is 0 Å². The minimum Gasteiger partial charge on any atom is -0.364 e. The van der Waals surface area contributed by atoms with Crippen molar-refractivity contribution in [1.82, 2.24) is 5.43 Å². The average molecular weight is 338 g/mol. The second-order valence-electron chi connectivity index (χ2n) is 5.10. The molecule has 2 rings (SSSR count). The van der Waals surface area contributed by atoms with Crippen molar-refractivity contribution in [2.24, 2.45) is 0 Å². The first kappa shape index (κ1) is 17.8. The molecule has 0 aliphatic carbocycles. The predicted octanol–water partition coefficient (Wildman–Crippen LogP) is 3.75. The number of halogens is 3. The zero-order valence-electron chi connectivity index (χ0n) is 12.9. The third-order valence-corrected chi connectivity index (χ3v) is 3.26. The lowest BCUT2D eigenvalue weighted by Gasteiger charge is -2.17. The fraction of sp³-hybridized carbons (Fsp3) is 0.235. The molecule has 0 fully saturated rings. The minimum absolute atomic E-state index is 0.228. The van der Waals surface area contributed by atoms with Gasteiger partial charge in [-0.25, -0.2) is 0 Å². The SMILES string of the molecule is C[C@H](OCc1ccccc1)C(=O)NNc1ccccc1C(F)(F)F. The third-order valence-electron chi connectivity index (χ3n) is 3.26. The first-order valence-corrected chi connectivity index (χ1v) is 7.25. The van der Waals surface area contributed by atoms with Crippen molar-refractivity contribution in [2.45, 2.75) is 25.8 Å². The smallest absolute Gasteiger partial charge is 0.364 e. The van der Waals surface area contributed by atoms with Crippen LogP contribution in [0.15, 0.2) is 54.6 Å².